The summed E-state index contributed by atoms with van der Waals surface area (Å²) in [5.41, 5.74) is 3.13. The van der Waals surface area contributed by atoms with Gasteiger partial charge in [-0.3, -0.25) is 9.89 Å². The molecule has 2 fully saturated rings. The fourth-order valence-electron chi connectivity index (χ4n) is 5.85. The van der Waals surface area contributed by atoms with E-state index in [2.05, 4.69) is 10.2 Å². The van der Waals surface area contributed by atoms with Crippen LogP contribution in [-0.4, -0.2) is 52.1 Å². The maximum Gasteiger partial charge on any atom is 0.328 e. The predicted octanol–water partition coefficient (Wildman–Crippen LogP) is 7.00. The molecule has 1 saturated carbocycles. The van der Waals surface area contributed by atoms with Crippen LogP contribution in [0.5, 0.6) is 0 Å². The van der Waals surface area contributed by atoms with Crippen molar-refractivity contribution in [3.05, 3.63) is 107 Å². The molecule has 1 aliphatic heterocycles. The SMILES string of the molecule is O=C(O)[C@@H](N=C(c1ccccc1)c1ccccc1[N-]C(=O)[C@@H]1CCCN1Cc1ccccc1)C1CCC(F)(F)CC1.[Ni]. The Morgan fingerprint density at radius 1 is 0.929 bits per heavy atom. The fraction of sp³-hybridized carbons (Fsp3) is 0.364. The molecule has 224 valence electrons. The molecule has 1 heterocycles. The van der Waals surface area contributed by atoms with Crippen molar-refractivity contribution in [3.63, 3.8) is 0 Å². The van der Waals surface area contributed by atoms with Crippen molar-refractivity contribution < 1.29 is 40.0 Å². The van der Waals surface area contributed by atoms with Gasteiger partial charge in [-0.2, -0.15) is 0 Å². The fourth-order valence-corrected chi connectivity index (χ4v) is 5.85. The number of carbonyl (C=O) groups excluding carboxylic acids is 1. The molecule has 9 heteroatoms. The summed E-state index contributed by atoms with van der Waals surface area (Å²) in [6.07, 6.45) is 1.08. The molecule has 6 nitrogen and oxygen atoms in total. The third-order valence-electron chi connectivity index (χ3n) is 8.04. The van der Waals surface area contributed by atoms with Crippen LogP contribution in [0, 0.1) is 5.92 Å². The number of aliphatic imine (C=N–C) groups is 1. The van der Waals surface area contributed by atoms with E-state index in [1.807, 2.05) is 60.7 Å². The molecule has 2 atom stereocenters. The van der Waals surface area contributed by atoms with Gasteiger partial charge in [0.25, 0.3) is 0 Å². The maximum atomic E-state index is 13.9. The number of alkyl halides is 2. The Kier molecular flexibility index (Phi) is 10.6. The van der Waals surface area contributed by atoms with E-state index in [1.165, 1.54) is 0 Å². The van der Waals surface area contributed by atoms with Crippen molar-refractivity contribution in [2.24, 2.45) is 10.9 Å². The molecule has 3 aromatic rings. The number of carboxylic acid groups (broad SMARTS) is 1. The number of nitrogens with zero attached hydrogens (tertiary/aromatic N) is 3. The van der Waals surface area contributed by atoms with Crippen molar-refractivity contribution in [3.8, 4) is 0 Å². The first kappa shape index (κ1) is 31.5. The number of hydrogen-bond donors (Lipinski definition) is 1. The van der Waals surface area contributed by atoms with E-state index in [-0.39, 0.29) is 54.1 Å². The van der Waals surface area contributed by atoms with Gasteiger partial charge in [0.05, 0.1) is 17.7 Å². The predicted molar refractivity (Wildman–Crippen MR) is 155 cm³/mol. The first-order valence-electron chi connectivity index (χ1n) is 14.2. The molecule has 2 aliphatic rings. The minimum atomic E-state index is -2.77. The second-order valence-electron chi connectivity index (χ2n) is 10.9. The molecule has 0 spiro atoms. The van der Waals surface area contributed by atoms with Crippen LogP contribution in [-0.2, 0) is 32.6 Å². The zero-order valence-electron chi connectivity index (χ0n) is 23.1. The molecule has 0 radical (unpaired) electrons. The largest absolute Gasteiger partial charge is 0.625 e. The van der Waals surface area contributed by atoms with Crippen molar-refractivity contribution in [2.75, 3.05) is 6.54 Å². The minimum Gasteiger partial charge on any atom is -0.625 e. The summed E-state index contributed by atoms with van der Waals surface area (Å²) >= 11 is 0. The van der Waals surface area contributed by atoms with Crippen LogP contribution >= 0.6 is 0 Å². The average molecular weight is 617 g/mol. The summed E-state index contributed by atoms with van der Waals surface area (Å²) in [7, 11) is 0. The molecular weight excluding hydrogens is 583 g/mol. The van der Waals surface area contributed by atoms with Gasteiger partial charge in [-0.15, -0.1) is 5.69 Å². The number of halogens is 2. The normalized spacial score (nSPS) is 20.0. The number of amides is 1. The van der Waals surface area contributed by atoms with Crippen LogP contribution in [0.1, 0.15) is 55.2 Å². The van der Waals surface area contributed by atoms with Crippen LogP contribution < -0.4 is 0 Å². The second-order valence-corrected chi connectivity index (χ2v) is 10.9. The van der Waals surface area contributed by atoms with E-state index in [9.17, 15) is 23.5 Å². The molecule has 42 heavy (non-hydrogen) atoms. The first-order valence-corrected chi connectivity index (χ1v) is 14.2. The number of hydrogen-bond acceptors (Lipinski definition) is 4. The van der Waals surface area contributed by atoms with Gasteiger partial charge in [-0.1, -0.05) is 84.9 Å². The van der Waals surface area contributed by atoms with E-state index in [1.54, 1.807) is 24.3 Å². The Morgan fingerprint density at radius 3 is 2.21 bits per heavy atom. The Bertz CT molecular complexity index is 1380. The molecule has 1 saturated heterocycles. The monoisotopic (exact) mass is 616 g/mol. The van der Waals surface area contributed by atoms with E-state index in [0.717, 1.165) is 18.5 Å². The van der Waals surface area contributed by atoms with Gasteiger partial charge in [0.15, 0.2) is 6.04 Å². The molecule has 1 amide bonds. The summed E-state index contributed by atoms with van der Waals surface area (Å²) in [5, 5.41) is 14.7. The van der Waals surface area contributed by atoms with Gasteiger partial charge in [0.2, 0.25) is 5.92 Å². The van der Waals surface area contributed by atoms with Gasteiger partial charge in [0, 0.05) is 41.4 Å². The van der Waals surface area contributed by atoms with Crippen molar-refractivity contribution >= 4 is 23.3 Å². The van der Waals surface area contributed by atoms with E-state index in [0.29, 0.717) is 35.5 Å². The van der Waals surface area contributed by atoms with Crippen LogP contribution in [0.4, 0.5) is 14.5 Å². The minimum absolute atomic E-state index is 0. The smallest absolute Gasteiger partial charge is 0.328 e. The molecule has 0 unspecified atom stereocenters. The second kappa shape index (κ2) is 14.2. The average Bonchev–Trinajstić information content (AvgIpc) is 3.44. The van der Waals surface area contributed by atoms with Crippen molar-refractivity contribution in [1.82, 2.24) is 4.90 Å². The summed E-state index contributed by atoms with van der Waals surface area (Å²) < 4.78 is 27.7. The van der Waals surface area contributed by atoms with Gasteiger partial charge in [-0.05, 0) is 49.3 Å². The zero-order chi connectivity index (χ0) is 28.8. The number of carbonyl (C=O) groups is 2. The van der Waals surface area contributed by atoms with Crippen LogP contribution in [0.25, 0.3) is 5.32 Å². The van der Waals surface area contributed by atoms with Gasteiger partial charge in [0.1, 0.15) is 0 Å². The van der Waals surface area contributed by atoms with Crippen molar-refractivity contribution in [1.29, 1.82) is 0 Å². The zero-order valence-corrected chi connectivity index (χ0v) is 24.1. The molecule has 5 rings (SSSR count). The number of rotatable bonds is 9. The summed E-state index contributed by atoms with van der Waals surface area (Å²) in [4.78, 5) is 32.8. The van der Waals surface area contributed by atoms with Crippen molar-refractivity contribution in [2.45, 2.75) is 63.1 Å². The first-order chi connectivity index (χ1) is 19.8. The number of carboxylic acids is 1. The standard InChI is InChI=1S/C33H35F2N3O3.Ni/c34-33(35)19-17-25(18-20-33)30(32(40)41)37-29(24-12-5-2-6-13-24)26-14-7-8-15-27(26)36-31(39)28-16-9-21-38(28)22-23-10-3-1-4-11-23;/h1-8,10-15,25,28,30H,9,16-22H2,(H2,36,37,39,40,41);/p-1/t28-,30-;/m0./s1. The Balaban J connectivity index is 0.00000405. The number of likely N-dealkylation sites (tertiary alicyclic amines) is 1. The molecule has 0 aromatic heterocycles. The Labute approximate surface area is 255 Å². The third kappa shape index (κ3) is 7.70. The van der Waals surface area contributed by atoms with Gasteiger partial charge < -0.3 is 15.2 Å². The molecule has 1 aliphatic carbocycles. The number of para-hydroxylation sites is 1. The van der Waals surface area contributed by atoms with Crippen LogP contribution in [0.15, 0.2) is 89.9 Å². The Hall–Kier alpha value is -3.42. The van der Waals surface area contributed by atoms with Gasteiger partial charge >= 0.3 is 5.97 Å². The quantitative estimate of drug-likeness (QED) is 0.207. The summed E-state index contributed by atoms with van der Waals surface area (Å²) in [5.74, 6) is -4.68. The van der Waals surface area contributed by atoms with E-state index in [4.69, 9.17) is 4.99 Å². The molecule has 3 aromatic carbocycles. The van der Waals surface area contributed by atoms with Crippen LogP contribution in [0.2, 0.25) is 0 Å². The molecular formula is C33H34F2N3NiO3-. The number of benzene rings is 3. The van der Waals surface area contributed by atoms with Crippen LogP contribution in [0.3, 0.4) is 0 Å². The summed E-state index contributed by atoms with van der Waals surface area (Å²) in [6.45, 7) is 1.46. The summed E-state index contributed by atoms with van der Waals surface area (Å²) in [6, 6.07) is 24.7. The topological polar surface area (TPSA) is 84.1 Å². The van der Waals surface area contributed by atoms with E-state index >= 15 is 0 Å². The Morgan fingerprint density at radius 2 is 1.55 bits per heavy atom. The molecule has 1 N–H and O–H groups in total. The van der Waals surface area contributed by atoms with E-state index < -0.39 is 23.9 Å². The maximum absolute atomic E-state index is 13.9. The van der Waals surface area contributed by atoms with Gasteiger partial charge in [-0.25, -0.2) is 13.6 Å². The molecule has 0 bridgehead atoms. The third-order valence-corrected chi connectivity index (χ3v) is 8.04. The number of aliphatic carboxylic acids is 1.